The maximum Gasteiger partial charge on any atom is 0.266 e. The maximum absolute atomic E-state index is 14.7. The fourth-order valence-corrected chi connectivity index (χ4v) is 6.60. The van der Waals surface area contributed by atoms with Crippen LogP contribution >= 0.6 is 22.9 Å². The van der Waals surface area contributed by atoms with Crippen LogP contribution in [0, 0.1) is 5.82 Å². The molecule has 2 aliphatic rings. The van der Waals surface area contributed by atoms with E-state index >= 15 is 0 Å². The molecule has 0 amide bonds. The van der Waals surface area contributed by atoms with E-state index in [1.54, 1.807) is 5.38 Å². The van der Waals surface area contributed by atoms with Crippen LogP contribution < -0.4 is 10.0 Å². The summed E-state index contributed by atoms with van der Waals surface area (Å²) in [5.74, 6) is -0.888. The normalized spacial score (nSPS) is 24.6. The fourth-order valence-electron chi connectivity index (χ4n) is 4.43. The molecule has 2 saturated heterocycles. The van der Waals surface area contributed by atoms with E-state index in [-0.39, 0.29) is 28.3 Å². The first-order valence-corrected chi connectivity index (χ1v) is 12.1. The second kappa shape index (κ2) is 7.99. The van der Waals surface area contributed by atoms with Crippen LogP contribution in [0.2, 0.25) is 5.02 Å². The summed E-state index contributed by atoms with van der Waals surface area (Å²) >= 11 is 7.38. The van der Waals surface area contributed by atoms with Crippen molar-refractivity contribution in [1.82, 2.24) is 9.88 Å². The van der Waals surface area contributed by atoms with Gasteiger partial charge < -0.3 is 10.4 Å². The lowest BCUT2D eigenvalue weighted by atomic mass is 9.94. The van der Waals surface area contributed by atoms with Crippen LogP contribution in [-0.4, -0.2) is 54.7 Å². The van der Waals surface area contributed by atoms with Gasteiger partial charge in [0.05, 0.1) is 17.3 Å². The van der Waals surface area contributed by atoms with Gasteiger partial charge in [0.1, 0.15) is 10.7 Å². The van der Waals surface area contributed by atoms with Gasteiger partial charge in [0.15, 0.2) is 5.13 Å². The molecule has 4 rings (SSSR count). The van der Waals surface area contributed by atoms with Gasteiger partial charge in [0.2, 0.25) is 0 Å². The van der Waals surface area contributed by atoms with Crippen LogP contribution in [0.25, 0.3) is 0 Å². The average Bonchev–Trinajstić information content (AvgIpc) is 3.38. The van der Waals surface area contributed by atoms with Gasteiger partial charge in [-0.25, -0.2) is 17.8 Å². The molecule has 1 aromatic heterocycles. The van der Waals surface area contributed by atoms with E-state index in [4.69, 9.17) is 11.6 Å². The highest BCUT2D eigenvalue weighted by Crippen LogP contribution is 2.42. The van der Waals surface area contributed by atoms with Crippen molar-refractivity contribution in [2.75, 3.05) is 29.7 Å². The highest BCUT2D eigenvalue weighted by Gasteiger charge is 2.48. The zero-order valence-electron chi connectivity index (χ0n) is 15.6. The van der Waals surface area contributed by atoms with Crippen LogP contribution in [0.1, 0.15) is 25.7 Å². The lowest BCUT2D eigenvalue weighted by Crippen LogP contribution is -2.48. The molecule has 2 aromatic rings. The van der Waals surface area contributed by atoms with Gasteiger partial charge in [0, 0.05) is 29.7 Å². The van der Waals surface area contributed by atoms with Crippen molar-refractivity contribution in [3.8, 4) is 0 Å². The summed E-state index contributed by atoms with van der Waals surface area (Å²) in [6, 6.07) is 2.40. The van der Waals surface area contributed by atoms with Crippen molar-refractivity contribution in [3.05, 3.63) is 34.5 Å². The number of aromatic nitrogens is 1. The molecular formula is C18H22ClFN4O3S2. The first-order chi connectivity index (χ1) is 13.8. The fraction of sp³-hybridized carbons (Fsp3) is 0.500. The maximum atomic E-state index is 14.7. The highest BCUT2D eigenvalue weighted by molar-refractivity contribution is 7.93. The van der Waals surface area contributed by atoms with E-state index in [1.807, 2.05) is 0 Å². The number of fused-ring (bicyclic) bond motifs is 1. The van der Waals surface area contributed by atoms with Gasteiger partial charge in [-0.05, 0) is 44.4 Å². The molecule has 2 fully saturated rings. The molecule has 7 nitrogen and oxygen atoms in total. The summed E-state index contributed by atoms with van der Waals surface area (Å²) in [7, 11) is -4.14. The second-order valence-corrected chi connectivity index (χ2v) is 10.4. The molecular weight excluding hydrogens is 439 g/mol. The summed E-state index contributed by atoms with van der Waals surface area (Å²) in [4.78, 5) is 5.66. The lowest BCUT2D eigenvalue weighted by molar-refractivity contribution is 0.113. The third kappa shape index (κ3) is 3.96. The van der Waals surface area contributed by atoms with Gasteiger partial charge in [-0.2, -0.15) is 0 Å². The number of halogens is 2. The van der Waals surface area contributed by atoms with Crippen LogP contribution in [0.4, 0.5) is 15.2 Å². The van der Waals surface area contributed by atoms with Crippen molar-refractivity contribution < 1.29 is 17.9 Å². The zero-order valence-corrected chi connectivity index (χ0v) is 18.0. The van der Waals surface area contributed by atoms with Gasteiger partial charge in [-0.3, -0.25) is 9.62 Å². The molecule has 0 spiro atoms. The molecule has 0 saturated carbocycles. The summed E-state index contributed by atoms with van der Waals surface area (Å²) in [6.07, 6.45) is 5.39. The molecule has 0 bridgehead atoms. The molecule has 158 valence electrons. The van der Waals surface area contributed by atoms with E-state index in [0.29, 0.717) is 12.2 Å². The van der Waals surface area contributed by atoms with Gasteiger partial charge in [-0.1, -0.05) is 11.6 Å². The molecule has 0 unspecified atom stereocenters. The monoisotopic (exact) mass is 460 g/mol. The lowest BCUT2D eigenvalue weighted by Gasteiger charge is -2.35. The first kappa shape index (κ1) is 20.8. The molecule has 0 radical (unpaired) electrons. The number of nitrogens with one attached hydrogen (secondary N) is 2. The number of anilines is 2. The Morgan fingerprint density at radius 1 is 1.41 bits per heavy atom. The molecule has 1 aromatic carbocycles. The van der Waals surface area contributed by atoms with E-state index in [9.17, 15) is 17.9 Å². The molecule has 29 heavy (non-hydrogen) atoms. The van der Waals surface area contributed by atoms with E-state index in [2.05, 4.69) is 19.9 Å². The average molecular weight is 461 g/mol. The Kier molecular flexibility index (Phi) is 5.73. The summed E-state index contributed by atoms with van der Waals surface area (Å²) in [6.45, 7) is 1.64. The molecule has 2 aliphatic heterocycles. The number of thiazole rings is 1. The standard InChI is InChI=1S/C18H22ClFN4O3S2/c19-13-8-16(29(26,27)23-17-21-5-7-28-17)14(20)9-15(13)22-11-18-3-1-6-24(18)12(10-25)2-4-18/h5,7-9,12,22,25H,1-4,6,10-11H2,(H,21,23)/t12-,18-/m1/s1. The van der Waals surface area contributed by atoms with Crippen molar-refractivity contribution in [1.29, 1.82) is 0 Å². The number of aliphatic hydroxyl groups excluding tert-OH is 1. The molecule has 11 heteroatoms. The predicted molar refractivity (Wildman–Crippen MR) is 112 cm³/mol. The molecule has 2 atom stereocenters. The minimum Gasteiger partial charge on any atom is -0.395 e. The topological polar surface area (TPSA) is 94.6 Å². The van der Waals surface area contributed by atoms with Gasteiger partial charge in [0.25, 0.3) is 10.0 Å². The van der Waals surface area contributed by atoms with Crippen LogP contribution in [0.5, 0.6) is 0 Å². The van der Waals surface area contributed by atoms with Crippen molar-refractivity contribution in [2.45, 2.75) is 42.2 Å². The Labute approximate surface area is 178 Å². The SMILES string of the molecule is O=S(=O)(Nc1nccs1)c1cc(Cl)c(NC[C@]23CCCN2[C@@H](CO)CC3)cc1F. The number of hydrogen-bond acceptors (Lipinski definition) is 7. The molecule has 3 N–H and O–H groups in total. The third-order valence-corrected chi connectivity index (χ3v) is 8.30. The van der Waals surface area contributed by atoms with Crippen molar-refractivity contribution in [3.63, 3.8) is 0 Å². The van der Waals surface area contributed by atoms with E-state index < -0.39 is 20.7 Å². The van der Waals surface area contributed by atoms with Crippen LogP contribution in [0.3, 0.4) is 0 Å². The Morgan fingerprint density at radius 3 is 2.97 bits per heavy atom. The Balaban J connectivity index is 1.52. The minimum atomic E-state index is -4.14. The minimum absolute atomic E-state index is 0.0790. The summed E-state index contributed by atoms with van der Waals surface area (Å²) in [5.41, 5.74) is 0.274. The predicted octanol–water partition coefficient (Wildman–Crippen LogP) is 3.14. The van der Waals surface area contributed by atoms with Crippen LogP contribution in [-0.2, 0) is 10.0 Å². The highest BCUT2D eigenvalue weighted by atomic mass is 35.5. The largest absolute Gasteiger partial charge is 0.395 e. The van der Waals surface area contributed by atoms with E-state index in [1.165, 1.54) is 6.20 Å². The Morgan fingerprint density at radius 2 is 2.24 bits per heavy atom. The van der Waals surface area contributed by atoms with Gasteiger partial charge in [-0.15, -0.1) is 11.3 Å². The zero-order chi connectivity index (χ0) is 20.6. The Bertz CT molecular complexity index is 989. The first-order valence-electron chi connectivity index (χ1n) is 9.37. The molecule has 3 heterocycles. The quantitative estimate of drug-likeness (QED) is 0.587. The number of rotatable bonds is 7. The molecule has 0 aliphatic carbocycles. The van der Waals surface area contributed by atoms with Crippen molar-refractivity contribution >= 4 is 43.8 Å². The van der Waals surface area contributed by atoms with Gasteiger partial charge >= 0.3 is 0 Å². The van der Waals surface area contributed by atoms with Crippen molar-refractivity contribution in [2.24, 2.45) is 0 Å². The summed E-state index contributed by atoms with van der Waals surface area (Å²) < 4.78 is 41.9. The third-order valence-electron chi connectivity index (χ3n) is 5.82. The number of hydrogen-bond donors (Lipinski definition) is 3. The summed E-state index contributed by atoms with van der Waals surface area (Å²) in [5, 5.41) is 14.7. The number of aliphatic hydroxyl groups is 1. The number of sulfonamides is 1. The second-order valence-electron chi connectivity index (χ2n) is 7.46. The van der Waals surface area contributed by atoms with Crippen LogP contribution in [0.15, 0.2) is 28.6 Å². The smallest absolute Gasteiger partial charge is 0.266 e. The van der Waals surface area contributed by atoms with E-state index in [0.717, 1.165) is 55.7 Å². The Hall–Kier alpha value is -1.46. The number of benzene rings is 1. The number of nitrogens with zero attached hydrogens (tertiary/aromatic N) is 2.